The van der Waals surface area contributed by atoms with Gasteiger partial charge >= 0.3 is 0 Å². The molecular formula is C22H29N5O3. The number of hydrogen-bond acceptors (Lipinski definition) is 5. The van der Waals surface area contributed by atoms with E-state index in [4.69, 9.17) is 9.47 Å². The number of nitrogens with one attached hydrogen (secondary N) is 3. The topological polar surface area (TPSA) is 96.9 Å². The van der Waals surface area contributed by atoms with Gasteiger partial charge in [-0.1, -0.05) is 12.1 Å². The van der Waals surface area contributed by atoms with E-state index in [2.05, 4.69) is 25.9 Å². The van der Waals surface area contributed by atoms with E-state index < -0.39 is 0 Å². The normalized spacial score (nSPS) is 14.3. The molecule has 0 spiro atoms. The monoisotopic (exact) mass is 411 g/mol. The zero-order valence-corrected chi connectivity index (χ0v) is 17.5. The highest BCUT2D eigenvalue weighted by Crippen LogP contribution is 2.34. The summed E-state index contributed by atoms with van der Waals surface area (Å²) >= 11 is 0. The number of anilines is 1. The summed E-state index contributed by atoms with van der Waals surface area (Å²) in [7, 11) is 3.31. The minimum absolute atomic E-state index is 0.0815. The molecule has 1 amide bonds. The summed E-state index contributed by atoms with van der Waals surface area (Å²) < 4.78 is 11.8. The first kappa shape index (κ1) is 21.4. The first-order valence-corrected chi connectivity index (χ1v) is 10.2. The molecule has 1 saturated carbocycles. The molecule has 0 atom stereocenters. The second kappa shape index (κ2) is 11.0. The van der Waals surface area contributed by atoms with Crippen LogP contribution < -0.4 is 25.4 Å². The van der Waals surface area contributed by atoms with Crippen LogP contribution in [0.25, 0.3) is 0 Å². The lowest BCUT2D eigenvalue weighted by atomic mass is 10.1. The maximum Gasteiger partial charge on any atom is 0.243 e. The Balaban J connectivity index is 1.55. The second-order valence-corrected chi connectivity index (χ2v) is 7.04. The van der Waals surface area contributed by atoms with E-state index >= 15 is 0 Å². The molecule has 0 radical (unpaired) electrons. The Morgan fingerprint density at radius 1 is 1.20 bits per heavy atom. The van der Waals surface area contributed by atoms with Crippen molar-refractivity contribution in [2.24, 2.45) is 4.99 Å². The number of carbonyl (C=O) groups is 1. The predicted octanol–water partition coefficient (Wildman–Crippen LogP) is 2.72. The van der Waals surface area contributed by atoms with E-state index in [-0.39, 0.29) is 18.6 Å². The van der Waals surface area contributed by atoms with E-state index in [1.807, 2.05) is 18.2 Å². The van der Waals surface area contributed by atoms with Gasteiger partial charge in [0, 0.05) is 25.4 Å². The molecule has 0 unspecified atom stereocenters. The number of carbonyl (C=O) groups excluding carboxylic acids is 1. The molecule has 2 aromatic rings. The lowest BCUT2D eigenvalue weighted by Gasteiger charge is -2.20. The number of nitrogens with zero attached hydrogens (tertiary/aromatic N) is 2. The Morgan fingerprint density at radius 3 is 2.73 bits per heavy atom. The summed E-state index contributed by atoms with van der Waals surface area (Å²) in [5.41, 5.74) is 1.63. The maximum atomic E-state index is 12.1. The van der Waals surface area contributed by atoms with Crippen molar-refractivity contribution < 1.29 is 14.3 Å². The average molecular weight is 412 g/mol. The first-order chi connectivity index (χ1) is 14.7. The van der Waals surface area contributed by atoms with Crippen molar-refractivity contribution in [3.05, 3.63) is 48.3 Å². The lowest BCUT2D eigenvalue weighted by Crippen LogP contribution is -2.41. The average Bonchev–Trinajstić information content (AvgIpc) is 3.28. The summed E-state index contributed by atoms with van der Waals surface area (Å²) in [5, 5.41) is 9.02. The van der Waals surface area contributed by atoms with Crippen LogP contribution >= 0.6 is 0 Å². The predicted molar refractivity (Wildman–Crippen MR) is 117 cm³/mol. The van der Waals surface area contributed by atoms with Crippen molar-refractivity contribution >= 4 is 17.6 Å². The van der Waals surface area contributed by atoms with E-state index in [1.54, 1.807) is 38.7 Å². The minimum atomic E-state index is -0.183. The molecular weight excluding hydrogens is 382 g/mol. The van der Waals surface area contributed by atoms with Crippen molar-refractivity contribution in [2.45, 2.75) is 38.3 Å². The number of amides is 1. The number of pyridine rings is 1. The third kappa shape index (κ3) is 6.10. The number of aliphatic imine (C=N–C) groups is 1. The number of guanidine groups is 1. The smallest absolute Gasteiger partial charge is 0.243 e. The van der Waals surface area contributed by atoms with Gasteiger partial charge in [0.15, 0.2) is 17.5 Å². The molecule has 160 valence electrons. The van der Waals surface area contributed by atoms with Gasteiger partial charge in [-0.05, 0) is 43.9 Å². The number of ether oxygens (including phenoxy) is 2. The van der Waals surface area contributed by atoms with E-state index in [9.17, 15) is 4.79 Å². The van der Waals surface area contributed by atoms with Gasteiger partial charge in [-0.2, -0.15) is 0 Å². The third-order valence-electron chi connectivity index (χ3n) is 4.90. The van der Waals surface area contributed by atoms with Crippen LogP contribution in [-0.4, -0.2) is 43.7 Å². The van der Waals surface area contributed by atoms with Crippen LogP contribution in [0.2, 0.25) is 0 Å². The number of hydrogen-bond donors (Lipinski definition) is 3. The van der Waals surface area contributed by atoms with E-state index in [0.717, 1.165) is 29.9 Å². The Bertz CT molecular complexity index is 851. The molecule has 1 fully saturated rings. The fraction of sp³-hybridized carbons (Fsp3) is 0.409. The molecule has 3 N–H and O–H groups in total. The molecule has 1 aliphatic rings. The van der Waals surface area contributed by atoms with Crippen LogP contribution in [0.1, 0.15) is 31.2 Å². The molecule has 0 aliphatic heterocycles. The van der Waals surface area contributed by atoms with Gasteiger partial charge in [-0.3, -0.25) is 14.8 Å². The van der Waals surface area contributed by atoms with Gasteiger partial charge < -0.3 is 25.4 Å². The molecule has 1 aromatic carbocycles. The summed E-state index contributed by atoms with van der Waals surface area (Å²) in [6, 6.07) is 9.40. The van der Waals surface area contributed by atoms with Gasteiger partial charge in [0.25, 0.3) is 0 Å². The minimum Gasteiger partial charge on any atom is -0.493 e. The number of aromatic nitrogens is 1. The summed E-state index contributed by atoms with van der Waals surface area (Å²) in [4.78, 5) is 20.3. The zero-order valence-electron chi connectivity index (χ0n) is 17.5. The van der Waals surface area contributed by atoms with Gasteiger partial charge in [0.05, 0.1) is 31.6 Å². The van der Waals surface area contributed by atoms with Crippen molar-refractivity contribution in [1.29, 1.82) is 0 Å². The van der Waals surface area contributed by atoms with E-state index in [1.165, 1.54) is 12.8 Å². The SMILES string of the molecule is CN=C(NCC(=O)Nc1cccnc1)NCc1cccc(OC)c1OC1CCCC1. The zero-order chi connectivity index (χ0) is 21.2. The quantitative estimate of drug-likeness (QED) is 0.457. The number of para-hydroxylation sites is 1. The van der Waals surface area contributed by atoms with Crippen molar-refractivity contribution in [2.75, 3.05) is 26.0 Å². The Morgan fingerprint density at radius 2 is 2.03 bits per heavy atom. The first-order valence-electron chi connectivity index (χ1n) is 10.2. The Hall–Kier alpha value is -3.29. The number of rotatable bonds is 8. The van der Waals surface area contributed by atoms with Crippen LogP contribution in [-0.2, 0) is 11.3 Å². The van der Waals surface area contributed by atoms with Crippen LogP contribution in [0.15, 0.2) is 47.7 Å². The molecule has 3 rings (SSSR count). The summed E-state index contributed by atoms with van der Waals surface area (Å²) in [6.45, 7) is 0.571. The molecule has 0 saturated heterocycles. The fourth-order valence-corrected chi connectivity index (χ4v) is 3.37. The standard InChI is InChI=1S/C22H29N5O3/c1-23-22(26-15-20(28)27-17-8-6-12-24-14-17)25-13-16-7-5-11-19(29-2)21(16)30-18-9-3-4-10-18/h5-8,11-12,14,18H,3-4,9-10,13,15H2,1-2H3,(H,27,28)(H2,23,25,26). The largest absolute Gasteiger partial charge is 0.493 e. The van der Waals surface area contributed by atoms with Crippen LogP contribution in [0, 0.1) is 0 Å². The summed E-state index contributed by atoms with van der Waals surface area (Å²) in [5.74, 6) is 1.83. The molecule has 1 aliphatic carbocycles. The molecule has 8 heteroatoms. The highest BCUT2D eigenvalue weighted by atomic mass is 16.5. The van der Waals surface area contributed by atoms with Crippen LogP contribution in [0.4, 0.5) is 5.69 Å². The van der Waals surface area contributed by atoms with Crippen molar-refractivity contribution in [3.63, 3.8) is 0 Å². The summed E-state index contributed by atoms with van der Waals surface area (Å²) in [6.07, 6.45) is 8.02. The van der Waals surface area contributed by atoms with Crippen LogP contribution in [0.3, 0.4) is 0 Å². The van der Waals surface area contributed by atoms with Gasteiger partial charge in [-0.15, -0.1) is 0 Å². The number of methoxy groups -OCH3 is 1. The molecule has 8 nitrogen and oxygen atoms in total. The molecule has 1 aromatic heterocycles. The highest BCUT2D eigenvalue weighted by molar-refractivity contribution is 5.94. The molecule has 30 heavy (non-hydrogen) atoms. The van der Waals surface area contributed by atoms with Gasteiger partial charge in [0.2, 0.25) is 5.91 Å². The van der Waals surface area contributed by atoms with Gasteiger partial charge in [0.1, 0.15) is 0 Å². The van der Waals surface area contributed by atoms with Crippen LogP contribution in [0.5, 0.6) is 11.5 Å². The third-order valence-corrected chi connectivity index (χ3v) is 4.90. The van der Waals surface area contributed by atoms with Crippen molar-refractivity contribution in [3.8, 4) is 11.5 Å². The highest BCUT2D eigenvalue weighted by Gasteiger charge is 2.20. The lowest BCUT2D eigenvalue weighted by molar-refractivity contribution is -0.115. The van der Waals surface area contributed by atoms with E-state index in [0.29, 0.717) is 18.2 Å². The maximum absolute atomic E-state index is 12.1. The molecule has 1 heterocycles. The fourth-order valence-electron chi connectivity index (χ4n) is 3.37. The Kier molecular flexibility index (Phi) is 7.88. The molecule has 0 bridgehead atoms. The number of benzene rings is 1. The van der Waals surface area contributed by atoms with Gasteiger partial charge in [-0.25, -0.2) is 0 Å². The second-order valence-electron chi connectivity index (χ2n) is 7.04. The van der Waals surface area contributed by atoms with Crippen molar-refractivity contribution in [1.82, 2.24) is 15.6 Å². The Labute approximate surface area is 177 Å².